The number of nitro groups is 1. The van der Waals surface area contributed by atoms with Crippen LogP contribution in [-0.4, -0.2) is 20.3 Å². The largest absolute Gasteiger partial charge is 0.372 e. The first-order chi connectivity index (χ1) is 8.66. The maximum Gasteiger partial charge on any atom is 0.372 e. The molecule has 2 aromatic rings. The number of anilines is 1. The molecule has 6 nitrogen and oxygen atoms in total. The van der Waals surface area contributed by atoms with E-state index in [1.54, 1.807) is 11.6 Å². The van der Waals surface area contributed by atoms with Gasteiger partial charge in [0.05, 0.1) is 0 Å². The summed E-state index contributed by atoms with van der Waals surface area (Å²) in [6.07, 6.45) is 5.34. The molecule has 1 atom stereocenters. The molecule has 96 valence electrons. The van der Waals surface area contributed by atoms with Crippen LogP contribution in [0, 0.1) is 16.0 Å². The van der Waals surface area contributed by atoms with Crippen LogP contribution in [0.2, 0.25) is 0 Å². The Hall–Kier alpha value is -1.63. The lowest BCUT2D eigenvalue weighted by Crippen LogP contribution is -2.31. The summed E-state index contributed by atoms with van der Waals surface area (Å²) in [5.41, 5.74) is 0. The molecule has 0 spiro atoms. The zero-order valence-corrected chi connectivity index (χ0v) is 10.8. The Morgan fingerprint density at radius 1 is 1.67 bits per heavy atom. The molecule has 1 N–H and O–H groups in total. The summed E-state index contributed by atoms with van der Waals surface area (Å²) in [4.78, 5) is 15.7. The van der Waals surface area contributed by atoms with E-state index in [0.29, 0.717) is 16.7 Å². The smallest absolute Gasteiger partial charge is 0.360 e. The van der Waals surface area contributed by atoms with E-state index in [2.05, 4.69) is 17.2 Å². The number of rotatable bonds is 4. The second kappa shape index (κ2) is 4.24. The van der Waals surface area contributed by atoms with Gasteiger partial charge in [0.1, 0.15) is 6.20 Å². The highest BCUT2D eigenvalue weighted by molar-refractivity contribution is 7.15. The van der Waals surface area contributed by atoms with Crippen LogP contribution in [-0.2, 0) is 0 Å². The summed E-state index contributed by atoms with van der Waals surface area (Å²) in [6.45, 7) is 2.07. The van der Waals surface area contributed by atoms with Gasteiger partial charge in [-0.15, -0.1) is 0 Å². The summed E-state index contributed by atoms with van der Waals surface area (Å²) < 4.78 is 1.53. The van der Waals surface area contributed by atoms with Gasteiger partial charge < -0.3 is 15.4 Å². The van der Waals surface area contributed by atoms with E-state index in [1.165, 1.54) is 35.0 Å². The van der Waals surface area contributed by atoms with E-state index < -0.39 is 0 Å². The fourth-order valence-corrected chi connectivity index (χ4v) is 3.03. The van der Waals surface area contributed by atoms with Crippen molar-refractivity contribution in [2.24, 2.45) is 5.92 Å². The van der Waals surface area contributed by atoms with Gasteiger partial charge in [0.2, 0.25) is 5.82 Å². The van der Waals surface area contributed by atoms with Crippen molar-refractivity contribution < 1.29 is 4.92 Å². The van der Waals surface area contributed by atoms with Crippen molar-refractivity contribution in [1.82, 2.24) is 9.38 Å². The fourth-order valence-electron chi connectivity index (χ4n) is 2.32. The Morgan fingerprint density at radius 2 is 2.44 bits per heavy atom. The molecular weight excluding hydrogens is 252 g/mol. The lowest BCUT2D eigenvalue weighted by atomic mass is 9.80. The molecule has 1 aliphatic carbocycles. The van der Waals surface area contributed by atoms with Gasteiger partial charge in [-0.1, -0.05) is 17.8 Å². The van der Waals surface area contributed by atoms with Crippen LogP contribution in [0.15, 0.2) is 11.6 Å². The molecule has 18 heavy (non-hydrogen) atoms. The Bertz CT molecular complexity index is 587. The molecule has 2 heterocycles. The molecular formula is C11H14N4O2S. The number of nitrogens with zero attached hydrogens (tertiary/aromatic N) is 3. The highest BCUT2D eigenvalue weighted by Crippen LogP contribution is 2.34. The molecule has 1 saturated carbocycles. The summed E-state index contributed by atoms with van der Waals surface area (Å²) in [5.74, 6) is 1.05. The molecule has 1 fully saturated rings. The Labute approximate surface area is 108 Å². The van der Waals surface area contributed by atoms with Crippen molar-refractivity contribution in [2.45, 2.75) is 32.2 Å². The van der Waals surface area contributed by atoms with Crippen LogP contribution in [0.25, 0.3) is 4.96 Å². The first-order valence-corrected chi connectivity index (χ1v) is 6.91. The van der Waals surface area contributed by atoms with Crippen molar-refractivity contribution in [3.05, 3.63) is 21.7 Å². The van der Waals surface area contributed by atoms with Gasteiger partial charge in [-0.05, 0) is 30.6 Å². The topological polar surface area (TPSA) is 72.5 Å². The first kappa shape index (κ1) is 11.5. The predicted octanol–water partition coefficient (Wildman–Crippen LogP) is 2.90. The highest BCUT2D eigenvalue weighted by Gasteiger charge is 2.29. The summed E-state index contributed by atoms with van der Waals surface area (Å²) in [6, 6.07) is 0.238. The SMILES string of the molecule is CC(Nc1nc2sccn2c1[N+](=O)[O-])C1CCC1. The summed E-state index contributed by atoms with van der Waals surface area (Å²) in [7, 11) is 0. The number of nitrogens with one attached hydrogen (secondary N) is 1. The number of aromatic nitrogens is 2. The molecule has 0 bridgehead atoms. The van der Waals surface area contributed by atoms with Crippen LogP contribution in [0.5, 0.6) is 0 Å². The summed E-state index contributed by atoms with van der Waals surface area (Å²) in [5, 5.41) is 16.1. The van der Waals surface area contributed by atoms with E-state index in [9.17, 15) is 10.1 Å². The fraction of sp³-hybridized carbons (Fsp3) is 0.545. The molecule has 7 heteroatoms. The molecule has 0 amide bonds. The molecule has 0 radical (unpaired) electrons. The standard InChI is InChI=1S/C11H14N4O2S/c1-7(8-3-2-4-8)12-9-10(15(16)17)14-5-6-18-11(14)13-9/h5-8,12H,2-4H2,1H3. The number of imidazole rings is 1. The molecule has 1 unspecified atom stereocenters. The number of thiazole rings is 1. The van der Waals surface area contributed by atoms with Gasteiger partial charge in [0.15, 0.2) is 0 Å². The molecule has 1 aliphatic rings. The number of hydrogen-bond acceptors (Lipinski definition) is 5. The van der Waals surface area contributed by atoms with Crippen molar-refractivity contribution in [3.63, 3.8) is 0 Å². The second-order valence-electron chi connectivity index (χ2n) is 4.72. The summed E-state index contributed by atoms with van der Waals surface area (Å²) >= 11 is 1.40. The average Bonchev–Trinajstić information content (AvgIpc) is 2.72. The lowest BCUT2D eigenvalue weighted by Gasteiger charge is -2.31. The van der Waals surface area contributed by atoms with E-state index in [0.717, 1.165) is 0 Å². The van der Waals surface area contributed by atoms with Crippen molar-refractivity contribution >= 4 is 27.9 Å². The lowest BCUT2D eigenvalue weighted by molar-refractivity contribution is -0.389. The minimum Gasteiger partial charge on any atom is -0.360 e. The van der Waals surface area contributed by atoms with Gasteiger partial charge >= 0.3 is 5.82 Å². The highest BCUT2D eigenvalue weighted by atomic mass is 32.1. The van der Waals surface area contributed by atoms with Gasteiger partial charge in [0.25, 0.3) is 4.96 Å². The Kier molecular flexibility index (Phi) is 2.70. The second-order valence-corrected chi connectivity index (χ2v) is 5.59. The minimum atomic E-state index is -0.372. The third-order valence-electron chi connectivity index (χ3n) is 3.63. The van der Waals surface area contributed by atoms with Crippen LogP contribution in [0.3, 0.4) is 0 Å². The first-order valence-electron chi connectivity index (χ1n) is 6.03. The number of hydrogen-bond donors (Lipinski definition) is 1. The Morgan fingerprint density at radius 3 is 3.06 bits per heavy atom. The van der Waals surface area contributed by atoms with Crippen molar-refractivity contribution in [1.29, 1.82) is 0 Å². The van der Waals surface area contributed by atoms with Gasteiger partial charge in [0, 0.05) is 11.4 Å². The zero-order chi connectivity index (χ0) is 12.7. The average molecular weight is 266 g/mol. The minimum absolute atomic E-state index is 0.0393. The van der Waals surface area contributed by atoms with E-state index in [1.807, 2.05) is 0 Å². The molecule has 2 aromatic heterocycles. The predicted molar refractivity (Wildman–Crippen MR) is 70.1 cm³/mol. The Balaban J connectivity index is 1.92. The van der Waals surface area contributed by atoms with Crippen molar-refractivity contribution in [2.75, 3.05) is 5.32 Å². The molecule has 0 saturated heterocycles. The maximum atomic E-state index is 11.1. The zero-order valence-electron chi connectivity index (χ0n) is 10.00. The van der Waals surface area contributed by atoms with Crippen LogP contribution >= 0.6 is 11.3 Å². The molecule has 0 aliphatic heterocycles. The van der Waals surface area contributed by atoms with E-state index in [4.69, 9.17) is 0 Å². The van der Waals surface area contributed by atoms with Crippen LogP contribution < -0.4 is 5.32 Å². The van der Waals surface area contributed by atoms with Gasteiger partial charge in [-0.2, -0.15) is 9.38 Å². The third kappa shape index (κ3) is 1.74. The quantitative estimate of drug-likeness (QED) is 0.682. The van der Waals surface area contributed by atoms with E-state index >= 15 is 0 Å². The van der Waals surface area contributed by atoms with Crippen molar-refractivity contribution in [3.8, 4) is 0 Å². The van der Waals surface area contributed by atoms with Gasteiger partial charge in [-0.25, -0.2) is 0 Å². The van der Waals surface area contributed by atoms with Crippen LogP contribution in [0.4, 0.5) is 11.6 Å². The van der Waals surface area contributed by atoms with Gasteiger partial charge in [-0.3, -0.25) is 0 Å². The maximum absolute atomic E-state index is 11.1. The molecule has 3 rings (SSSR count). The monoisotopic (exact) mass is 266 g/mol. The normalized spacial score (nSPS) is 17.6. The third-order valence-corrected chi connectivity index (χ3v) is 4.39. The molecule has 0 aromatic carbocycles. The van der Waals surface area contributed by atoms with Crippen LogP contribution in [0.1, 0.15) is 26.2 Å². The number of fused-ring (bicyclic) bond motifs is 1. The van der Waals surface area contributed by atoms with E-state index in [-0.39, 0.29) is 16.8 Å².